The van der Waals surface area contributed by atoms with Gasteiger partial charge in [-0.3, -0.25) is 0 Å². The van der Waals surface area contributed by atoms with Gasteiger partial charge in [0.1, 0.15) is 5.52 Å². The second-order valence-corrected chi connectivity index (χ2v) is 6.39. The van der Waals surface area contributed by atoms with Gasteiger partial charge < -0.3 is 14.8 Å². The zero-order chi connectivity index (χ0) is 15.0. The molecule has 1 saturated carbocycles. The molecular weight excluding hydrogens is 264 g/mol. The lowest BCUT2D eigenvalue weighted by Crippen LogP contribution is -2.35. The number of aliphatic hydroxyl groups excluding tert-OH is 1. The molecule has 1 heterocycles. The highest BCUT2D eigenvalue weighted by molar-refractivity contribution is 5.77. The van der Waals surface area contributed by atoms with E-state index in [1.54, 1.807) is 0 Å². The fourth-order valence-electron chi connectivity index (χ4n) is 3.04. The van der Waals surface area contributed by atoms with Gasteiger partial charge in [0.05, 0.1) is 6.10 Å². The third-order valence-electron chi connectivity index (χ3n) is 4.47. The summed E-state index contributed by atoms with van der Waals surface area (Å²) in [4.78, 5) is 4.62. The van der Waals surface area contributed by atoms with E-state index >= 15 is 0 Å². The van der Waals surface area contributed by atoms with Crippen molar-refractivity contribution in [3.63, 3.8) is 0 Å². The molecule has 21 heavy (non-hydrogen) atoms. The third kappa shape index (κ3) is 2.83. The van der Waals surface area contributed by atoms with E-state index in [-0.39, 0.29) is 12.1 Å². The van der Waals surface area contributed by atoms with E-state index in [4.69, 9.17) is 4.42 Å². The minimum atomic E-state index is -0.200. The lowest BCUT2D eigenvalue weighted by Gasteiger charge is -2.17. The number of oxazole rings is 1. The first-order valence-electron chi connectivity index (χ1n) is 7.86. The van der Waals surface area contributed by atoms with Crippen LogP contribution in [0.5, 0.6) is 0 Å². The standard InChI is InChI=1S/C17H24N2O2/c1-10(2)17-19-16-11(3)12(7-8-15(16)21-17)9-18-13-5-4-6-14(13)20/h7-8,10,13-14,18,20H,4-6,9H2,1-3H3/t13-,14-/m1/s1. The fourth-order valence-corrected chi connectivity index (χ4v) is 3.04. The summed E-state index contributed by atoms with van der Waals surface area (Å²) < 4.78 is 5.79. The summed E-state index contributed by atoms with van der Waals surface area (Å²) in [6.07, 6.45) is 2.88. The molecule has 114 valence electrons. The Hall–Kier alpha value is -1.39. The summed E-state index contributed by atoms with van der Waals surface area (Å²) in [5.74, 6) is 1.09. The Labute approximate surface area is 125 Å². The SMILES string of the molecule is Cc1c(CN[C@@H]2CCC[C@H]2O)ccc2oc(C(C)C)nc12. The number of nitrogens with zero attached hydrogens (tertiary/aromatic N) is 1. The highest BCUT2D eigenvalue weighted by Gasteiger charge is 2.24. The Morgan fingerprint density at radius 1 is 1.38 bits per heavy atom. The molecule has 2 N–H and O–H groups in total. The smallest absolute Gasteiger partial charge is 0.198 e. The van der Waals surface area contributed by atoms with Gasteiger partial charge in [-0.15, -0.1) is 0 Å². The van der Waals surface area contributed by atoms with Gasteiger partial charge in [0.2, 0.25) is 0 Å². The van der Waals surface area contributed by atoms with Crippen LogP contribution < -0.4 is 5.32 Å². The molecule has 1 aromatic heterocycles. The molecule has 0 spiro atoms. The third-order valence-corrected chi connectivity index (χ3v) is 4.47. The van der Waals surface area contributed by atoms with Crippen LogP contribution in [-0.2, 0) is 6.54 Å². The Kier molecular flexibility index (Phi) is 4.00. The molecule has 1 aliphatic rings. The molecule has 3 rings (SSSR count). The minimum absolute atomic E-state index is 0.200. The Balaban J connectivity index is 1.80. The number of hydrogen-bond donors (Lipinski definition) is 2. The molecule has 0 unspecified atom stereocenters. The van der Waals surface area contributed by atoms with Crippen molar-refractivity contribution in [2.75, 3.05) is 0 Å². The van der Waals surface area contributed by atoms with E-state index in [0.29, 0.717) is 5.92 Å². The van der Waals surface area contributed by atoms with E-state index in [1.807, 2.05) is 6.07 Å². The number of hydrogen-bond acceptors (Lipinski definition) is 4. The summed E-state index contributed by atoms with van der Waals surface area (Å²) in [7, 11) is 0. The Morgan fingerprint density at radius 2 is 2.19 bits per heavy atom. The molecule has 1 fully saturated rings. The molecular formula is C17H24N2O2. The fraction of sp³-hybridized carbons (Fsp3) is 0.588. The number of aliphatic hydroxyl groups is 1. The van der Waals surface area contributed by atoms with Gasteiger partial charge in [-0.05, 0) is 43.4 Å². The molecule has 0 aliphatic heterocycles. The van der Waals surface area contributed by atoms with Crippen LogP contribution >= 0.6 is 0 Å². The van der Waals surface area contributed by atoms with Crippen LogP contribution in [0, 0.1) is 6.92 Å². The number of fused-ring (bicyclic) bond motifs is 1. The second kappa shape index (κ2) is 5.78. The maximum absolute atomic E-state index is 9.88. The summed E-state index contributed by atoms with van der Waals surface area (Å²) in [6, 6.07) is 4.33. The zero-order valence-electron chi connectivity index (χ0n) is 13.0. The van der Waals surface area contributed by atoms with Gasteiger partial charge in [-0.1, -0.05) is 19.9 Å². The van der Waals surface area contributed by atoms with E-state index in [0.717, 1.165) is 42.8 Å². The van der Waals surface area contributed by atoms with E-state index in [2.05, 4.69) is 37.1 Å². The van der Waals surface area contributed by atoms with Crippen molar-refractivity contribution in [1.29, 1.82) is 0 Å². The quantitative estimate of drug-likeness (QED) is 0.906. The number of rotatable bonds is 4. The predicted molar refractivity (Wildman–Crippen MR) is 83.3 cm³/mol. The first kappa shape index (κ1) is 14.5. The predicted octanol–water partition coefficient (Wildman–Crippen LogP) is 3.26. The zero-order valence-corrected chi connectivity index (χ0v) is 13.0. The Morgan fingerprint density at radius 3 is 2.86 bits per heavy atom. The van der Waals surface area contributed by atoms with Crippen LogP contribution in [-0.4, -0.2) is 22.2 Å². The van der Waals surface area contributed by atoms with Gasteiger partial charge in [0, 0.05) is 18.5 Å². The first-order valence-corrected chi connectivity index (χ1v) is 7.86. The second-order valence-electron chi connectivity index (χ2n) is 6.39. The van der Waals surface area contributed by atoms with Gasteiger partial charge in [-0.2, -0.15) is 0 Å². The molecule has 2 atom stereocenters. The summed E-state index contributed by atoms with van der Waals surface area (Å²) in [5, 5.41) is 13.4. The van der Waals surface area contributed by atoms with Crippen LogP contribution in [0.25, 0.3) is 11.1 Å². The van der Waals surface area contributed by atoms with Crippen LogP contribution in [0.1, 0.15) is 56.0 Å². The minimum Gasteiger partial charge on any atom is -0.440 e. The number of benzene rings is 1. The van der Waals surface area contributed by atoms with Crippen molar-refractivity contribution in [3.8, 4) is 0 Å². The van der Waals surface area contributed by atoms with Crippen LogP contribution in [0.15, 0.2) is 16.5 Å². The highest BCUT2D eigenvalue weighted by Crippen LogP contribution is 2.26. The molecule has 0 radical (unpaired) electrons. The van der Waals surface area contributed by atoms with Crippen LogP contribution in [0.3, 0.4) is 0 Å². The first-order chi connectivity index (χ1) is 10.1. The topological polar surface area (TPSA) is 58.3 Å². The van der Waals surface area contributed by atoms with Crippen molar-refractivity contribution in [1.82, 2.24) is 10.3 Å². The van der Waals surface area contributed by atoms with Crippen LogP contribution in [0.2, 0.25) is 0 Å². The Bertz CT molecular complexity index is 633. The monoisotopic (exact) mass is 288 g/mol. The van der Waals surface area contributed by atoms with Crippen molar-refractivity contribution < 1.29 is 9.52 Å². The maximum atomic E-state index is 9.88. The molecule has 4 nitrogen and oxygen atoms in total. The largest absolute Gasteiger partial charge is 0.440 e. The van der Waals surface area contributed by atoms with E-state index < -0.39 is 0 Å². The van der Waals surface area contributed by atoms with Gasteiger partial charge >= 0.3 is 0 Å². The van der Waals surface area contributed by atoms with Crippen molar-refractivity contribution >= 4 is 11.1 Å². The number of nitrogens with one attached hydrogen (secondary N) is 1. The van der Waals surface area contributed by atoms with E-state index in [9.17, 15) is 5.11 Å². The average molecular weight is 288 g/mol. The van der Waals surface area contributed by atoms with Gasteiger partial charge in [0.15, 0.2) is 11.5 Å². The number of aromatic nitrogens is 1. The van der Waals surface area contributed by atoms with Crippen molar-refractivity contribution in [3.05, 3.63) is 29.2 Å². The number of aryl methyl sites for hydroxylation is 1. The molecule has 2 aromatic rings. The maximum Gasteiger partial charge on any atom is 0.198 e. The lowest BCUT2D eigenvalue weighted by molar-refractivity contribution is 0.148. The van der Waals surface area contributed by atoms with Gasteiger partial charge in [0.25, 0.3) is 0 Å². The summed E-state index contributed by atoms with van der Waals surface area (Å²) >= 11 is 0. The van der Waals surface area contributed by atoms with Gasteiger partial charge in [-0.25, -0.2) is 4.98 Å². The van der Waals surface area contributed by atoms with Crippen molar-refractivity contribution in [2.45, 2.75) is 64.6 Å². The lowest BCUT2D eigenvalue weighted by atomic mass is 10.1. The van der Waals surface area contributed by atoms with E-state index in [1.165, 1.54) is 11.1 Å². The molecule has 0 amide bonds. The molecule has 0 bridgehead atoms. The molecule has 1 aromatic carbocycles. The average Bonchev–Trinajstić information content (AvgIpc) is 3.05. The highest BCUT2D eigenvalue weighted by atomic mass is 16.3. The molecule has 4 heteroatoms. The normalized spacial score (nSPS) is 22.5. The summed E-state index contributed by atoms with van der Waals surface area (Å²) in [5.41, 5.74) is 4.22. The molecule has 1 aliphatic carbocycles. The summed E-state index contributed by atoms with van der Waals surface area (Å²) in [6.45, 7) is 7.04. The molecule has 0 saturated heterocycles. The van der Waals surface area contributed by atoms with Crippen molar-refractivity contribution in [2.24, 2.45) is 0 Å². The van der Waals surface area contributed by atoms with Crippen LogP contribution in [0.4, 0.5) is 0 Å².